The van der Waals surface area contributed by atoms with E-state index >= 15 is 0 Å². The van der Waals surface area contributed by atoms with Gasteiger partial charge < -0.3 is 4.57 Å². The third-order valence-electron chi connectivity index (χ3n) is 4.15. The quantitative estimate of drug-likeness (QED) is 0.462. The van der Waals surface area contributed by atoms with Gasteiger partial charge in [-0.25, -0.2) is 0 Å². The highest BCUT2D eigenvalue weighted by Crippen LogP contribution is 2.23. The zero-order valence-electron chi connectivity index (χ0n) is 14.0. The van der Waals surface area contributed by atoms with Gasteiger partial charge in [-0.15, -0.1) is 0 Å². The fraction of sp³-hybridized carbons (Fsp3) is 0.167. The summed E-state index contributed by atoms with van der Waals surface area (Å²) in [5.74, 6) is -0.828. The summed E-state index contributed by atoms with van der Waals surface area (Å²) < 4.78 is 1.87. The Morgan fingerprint density at radius 2 is 1.72 bits per heavy atom. The van der Waals surface area contributed by atoms with Gasteiger partial charge in [0.2, 0.25) is 0 Å². The summed E-state index contributed by atoms with van der Waals surface area (Å²) in [4.78, 5) is 27.5. The fourth-order valence-corrected chi connectivity index (χ4v) is 2.94. The number of benzene rings is 1. The van der Waals surface area contributed by atoms with Crippen LogP contribution in [0.3, 0.4) is 0 Å². The second kappa shape index (κ2) is 6.46. The van der Waals surface area contributed by atoms with Crippen LogP contribution in [0.5, 0.6) is 0 Å². The monoisotopic (exact) mass is 373 g/mol. The van der Waals surface area contributed by atoms with Gasteiger partial charge in [0, 0.05) is 36.7 Å². The average molecular weight is 374 g/mol. The lowest BCUT2D eigenvalue weighted by atomic mass is 10.1. The molecule has 1 aliphatic heterocycles. The van der Waals surface area contributed by atoms with E-state index in [4.69, 9.17) is 23.8 Å². The number of likely N-dealkylation sites (N-methyl/N-ethyl adjacent to an activating group) is 2. The minimum atomic E-state index is -0.414. The van der Waals surface area contributed by atoms with E-state index in [1.54, 1.807) is 20.2 Å². The molecule has 2 heterocycles. The fourth-order valence-electron chi connectivity index (χ4n) is 2.60. The van der Waals surface area contributed by atoms with Gasteiger partial charge >= 0.3 is 0 Å². The van der Waals surface area contributed by atoms with Crippen LogP contribution in [0.4, 0.5) is 0 Å². The standard InChI is InChI=1S/C18H16ClN3O2S/c1-11-6-7-13(10-15(11)19)22-8-4-5-12(22)9-14-16(23)20(2)18(25)21(3)17(14)24/h4-10H,1-3H3. The molecule has 0 N–H and O–H groups in total. The van der Waals surface area contributed by atoms with E-state index in [1.165, 1.54) is 9.80 Å². The van der Waals surface area contributed by atoms with Gasteiger partial charge in [-0.05, 0) is 55.0 Å². The van der Waals surface area contributed by atoms with E-state index in [2.05, 4.69) is 0 Å². The van der Waals surface area contributed by atoms with Crippen LogP contribution in [-0.4, -0.2) is 45.4 Å². The lowest BCUT2D eigenvalue weighted by Crippen LogP contribution is -2.52. The summed E-state index contributed by atoms with van der Waals surface area (Å²) in [5.41, 5.74) is 2.59. The van der Waals surface area contributed by atoms with Gasteiger partial charge in [0.25, 0.3) is 11.8 Å². The molecule has 2 aromatic rings. The van der Waals surface area contributed by atoms with Crippen LogP contribution in [-0.2, 0) is 9.59 Å². The number of hydrogen-bond acceptors (Lipinski definition) is 3. The molecule has 0 bridgehead atoms. The second-order valence-electron chi connectivity index (χ2n) is 5.81. The summed E-state index contributed by atoms with van der Waals surface area (Å²) in [6, 6.07) is 9.37. The van der Waals surface area contributed by atoms with Crippen LogP contribution >= 0.6 is 23.8 Å². The van der Waals surface area contributed by atoms with Crippen molar-refractivity contribution < 1.29 is 9.59 Å². The molecule has 128 valence electrons. The molecular weight excluding hydrogens is 358 g/mol. The molecule has 0 spiro atoms. The number of carbonyl (C=O) groups is 2. The van der Waals surface area contributed by atoms with Gasteiger partial charge in [0.1, 0.15) is 5.57 Å². The Balaban J connectivity index is 2.07. The van der Waals surface area contributed by atoms with E-state index in [0.717, 1.165) is 11.3 Å². The molecule has 0 radical (unpaired) electrons. The van der Waals surface area contributed by atoms with Crippen molar-refractivity contribution in [2.75, 3.05) is 14.1 Å². The molecule has 0 saturated carbocycles. The number of aromatic nitrogens is 1. The first-order valence-corrected chi connectivity index (χ1v) is 8.35. The van der Waals surface area contributed by atoms with Gasteiger partial charge in [-0.1, -0.05) is 17.7 Å². The Bertz CT molecular complexity index is 906. The minimum absolute atomic E-state index is 0.0664. The smallest absolute Gasteiger partial charge is 0.265 e. The molecule has 0 aliphatic carbocycles. The first-order valence-electron chi connectivity index (χ1n) is 7.57. The van der Waals surface area contributed by atoms with Gasteiger partial charge in [0.15, 0.2) is 5.11 Å². The number of thiocarbonyl (C=S) groups is 1. The van der Waals surface area contributed by atoms with Crippen molar-refractivity contribution in [3.8, 4) is 5.69 Å². The molecule has 7 heteroatoms. The number of rotatable bonds is 2. The molecule has 1 aromatic carbocycles. The lowest BCUT2D eigenvalue weighted by molar-refractivity contribution is -0.132. The van der Waals surface area contributed by atoms with E-state index in [1.807, 2.05) is 48.0 Å². The number of aryl methyl sites for hydroxylation is 1. The van der Waals surface area contributed by atoms with Crippen LogP contribution in [0.15, 0.2) is 42.1 Å². The van der Waals surface area contributed by atoms with Crippen molar-refractivity contribution in [2.24, 2.45) is 0 Å². The van der Waals surface area contributed by atoms with Gasteiger partial charge in [-0.2, -0.15) is 0 Å². The van der Waals surface area contributed by atoms with Crippen LogP contribution < -0.4 is 0 Å². The van der Waals surface area contributed by atoms with E-state index < -0.39 is 11.8 Å². The molecule has 2 amide bonds. The van der Waals surface area contributed by atoms with Gasteiger partial charge in [-0.3, -0.25) is 19.4 Å². The third kappa shape index (κ3) is 2.99. The van der Waals surface area contributed by atoms with E-state index in [-0.39, 0.29) is 10.7 Å². The van der Waals surface area contributed by atoms with Crippen LogP contribution in [0, 0.1) is 6.92 Å². The Morgan fingerprint density at radius 3 is 2.32 bits per heavy atom. The largest absolute Gasteiger partial charge is 0.317 e. The Kier molecular flexibility index (Phi) is 4.49. The molecule has 25 heavy (non-hydrogen) atoms. The maximum Gasteiger partial charge on any atom is 0.265 e. The molecule has 3 rings (SSSR count). The third-order valence-corrected chi connectivity index (χ3v) is 5.10. The summed E-state index contributed by atoms with van der Waals surface area (Å²) in [5, 5.41) is 0.840. The maximum absolute atomic E-state index is 12.5. The average Bonchev–Trinajstić information content (AvgIpc) is 3.06. The zero-order chi connectivity index (χ0) is 18.3. The molecule has 1 aliphatic rings. The Morgan fingerprint density at radius 1 is 1.08 bits per heavy atom. The molecule has 0 atom stereocenters. The first kappa shape index (κ1) is 17.4. The molecule has 1 aromatic heterocycles. The molecular formula is C18H16ClN3O2S. The first-order chi connectivity index (χ1) is 11.8. The van der Waals surface area contributed by atoms with Crippen molar-refractivity contribution in [1.29, 1.82) is 0 Å². The number of nitrogens with zero attached hydrogens (tertiary/aromatic N) is 3. The molecule has 0 unspecified atom stereocenters. The van der Waals surface area contributed by atoms with Crippen molar-refractivity contribution in [1.82, 2.24) is 14.4 Å². The van der Waals surface area contributed by atoms with E-state index in [0.29, 0.717) is 10.7 Å². The van der Waals surface area contributed by atoms with Crippen molar-refractivity contribution in [2.45, 2.75) is 6.92 Å². The molecule has 1 saturated heterocycles. The molecule has 5 nitrogen and oxygen atoms in total. The van der Waals surface area contributed by atoms with Crippen molar-refractivity contribution in [3.63, 3.8) is 0 Å². The normalized spacial score (nSPS) is 15.2. The van der Waals surface area contributed by atoms with Gasteiger partial charge in [0.05, 0.1) is 0 Å². The highest BCUT2D eigenvalue weighted by Gasteiger charge is 2.35. The predicted molar refractivity (Wildman–Crippen MR) is 102 cm³/mol. The van der Waals surface area contributed by atoms with Crippen LogP contribution in [0.1, 0.15) is 11.3 Å². The molecule has 1 fully saturated rings. The van der Waals surface area contributed by atoms with E-state index in [9.17, 15) is 9.59 Å². The summed E-state index contributed by atoms with van der Waals surface area (Å²) in [6.45, 7) is 1.93. The minimum Gasteiger partial charge on any atom is -0.317 e. The SMILES string of the molecule is Cc1ccc(-n2cccc2C=C2C(=O)N(C)C(=S)N(C)C2=O)cc1Cl. The second-order valence-corrected chi connectivity index (χ2v) is 6.58. The zero-order valence-corrected chi connectivity index (χ0v) is 15.6. The highest BCUT2D eigenvalue weighted by atomic mass is 35.5. The lowest BCUT2D eigenvalue weighted by Gasteiger charge is -2.31. The van der Waals surface area contributed by atoms with Crippen LogP contribution in [0.25, 0.3) is 11.8 Å². The van der Waals surface area contributed by atoms with Crippen molar-refractivity contribution >= 4 is 46.8 Å². The van der Waals surface area contributed by atoms with Crippen molar-refractivity contribution in [3.05, 3.63) is 58.4 Å². The number of hydrogen-bond donors (Lipinski definition) is 0. The number of amides is 2. The summed E-state index contributed by atoms with van der Waals surface area (Å²) in [6.07, 6.45) is 3.43. The van der Waals surface area contributed by atoms with Crippen LogP contribution in [0.2, 0.25) is 5.02 Å². The summed E-state index contributed by atoms with van der Waals surface area (Å²) >= 11 is 11.3. The maximum atomic E-state index is 12.5. The predicted octanol–water partition coefficient (Wildman–Crippen LogP) is 3.04. The number of carbonyl (C=O) groups excluding carboxylic acids is 2. The summed E-state index contributed by atoms with van der Waals surface area (Å²) in [7, 11) is 3.11. The topological polar surface area (TPSA) is 45.6 Å². The Labute approximate surface area is 156 Å². The Hall–Kier alpha value is -2.44. The number of halogens is 1. The highest BCUT2D eigenvalue weighted by molar-refractivity contribution is 7.80.